The topological polar surface area (TPSA) is 70.4 Å². The molecule has 1 heterocycles. The first-order valence-electron chi connectivity index (χ1n) is 6.70. The number of hydrogen-bond acceptors (Lipinski definition) is 4. The molecule has 1 aliphatic heterocycles. The summed E-state index contributed by atoms with van der Waals surface area (Å²) in [5.74, 6) is -0.640. The quantitative estimate of drug-likeness (QED) is 0.803. The third-order valence-corrected chi connectivity index (χ3v) is 3.74. The summed E-state index contributed by atoms with van der Waals surface area (Å²) in [6, 6.07) is 8.52. The van der Waals surface area contributed by atoms with Crippen LogP contribution in [0.3, 0.4) is 0 Å². The van der Waals surface area contributed by atoms with Crippen LogP contribution in [0.2, 0.25) is 5.02 Å². The monoisotopic (exact) mass is 306 g/mol. The Balaban J connectivity index is 1.89. The number of nitrogens with zero attached hydrogens (tertiary/aromatic N) is 2. The lowest BCUT2D eigenvalue weighted by molar-refractivity contribution is -0.148. The van der Waals surface area contributed by atoms with E-state index >= 15 is 0 Å². The SMILES string of the molecule is N#CCOC(=O)C1CCN(C(=O)c2ccc(Cl)cc2)CC1. The Hall–Kier alpha value is -2.06. The van der Waals surface area contributed by atoms with E-state index in [0.29, 0.717) is 36.5 Å². The van der Waals surface area contributed by atoms with E-state index in [1.807, 2.05) is 0 Å². The highest BCUT2D eigenvalue weighted by Gasteiger charge is 2.28. The number of nitriles is 1. The van der Waals surface area contributed by atoms with Crippen LogP contribution in [0.4, 0.5) is 0 Å². The van der Waals surface area contributed by atoms with Crippen LogP contribution < -0.4 is 0 Å². The molecule has 0 aliphatic carbocycles. The molecular formula is C15H15ClN2O3. The molecule has 1 saturated heterocycles. The van der Waals surface area contributed by atoms with Crippen LogP contribution in [-0.4, -0.2) is 36.5 Å². The fourth-order valence-electron chi connectivity index (χ4n) is 2.31. The Kier molecular flexibility index (Phi) is 5.18. The standard InChI is InChI=1S/C15H15ClN2O3/c16-13-3-1-11(2-4-13)14(19)18-8-5-12(6-9-18)15(20)21-10-7-17/h1-4,12H,5-6,8-10H2. The van der Waals surface area contributed by atoms with Gasteiger partial charge in [-0.05, 0) is 37.1 Å². The lowest BCUT2D eigenvalue weighted by Gasteiger charge is -2.30. The van der Waals surface area contributed by atoms with Crippen molar-refractivity contribution in [2.24, 2.45) is 5.92 Å². The van der Waals surface area contributed by atoms with Gasteiger partial charge in [-0.2, -0.15) is 5.26 Å². The number of carbonyl (C=O) groups is 2. The predicted molar refractivity (Wildman–Crippen MR) is 76.7 cm³/mol. The lowest BCUT2D eigenvalue weighted by atomic mass is 9.96. The van der Waals surface area contributed by atoms with Gasteiger partial charge in [0, 0.05) is 23.7 Å². The van der Waals surface area contributed by atoms with E-state index in [0.717, 1.165) is 0 Å². The second-order valence-corrected chi connectivity index (χ2v) is 5.28. The Morgan fingerprint density at radius 2 is 1.90 bits per heavy atom. The van der Waals surface area contributed by atoms with Crippen molar-refractivity contribution in [2.45, 2.75) is 12.8 Å². The molecule has 0 N–H and O–H groups in total. The second kappa shape index (κ2) is 7.09. The number of amides is 1. The first kappa shape index (κ1) is 15.3. The molecule has 0 aromatic heterocycles. The molecule has 1 amide bonds. The minimum atomic E-state index is -0.352. The molecule has 1 aromatic carbocycles. The number of halogens is 1. The van der Waals surface area contributed by atoms with Gasteiger partial charge < -0.3 is 9.64 Å². The number of ether oxygens (including phenoxy) is 1. The van der Waals surface area contributed by atoms with Gasteiger partial charge in [0.25, 0.3) is 5.91 Å². The molecule has 1 aromatic rings. The highest BCUT2D eigenvalue weighted by atomic mass is 35.5. The van der Waals surface area contributed by atoms with Crippen molar-refractivity contribution >= 4 is 23.5 Å². The Labute approximate surface area is 128 Å². The maximum Gasteiger partial charge on any atom is 0.310 e. The average Bonchev–Trinajstić information content (AvgIpc) is 2.53. The molecule has 0 bridgehead atoms. The van der Waals surface area contributed by atoms with E-state index in [1.54, 1.807) is 35.2 Å². The molecule has 1 fully saturated rings. The van der Waals surface area contributed by atoms with Crippen molar-refractivity contribution in [3.63, 3.8) is 0 Å². The molecule has 0 atom stereocenters. The molecule has 21 heavy (non-hydrogen) atoms. The summed E-state index contributed by atoms with van der Waals surface area (Å²) in [5, 5.41) is 8.97. The molecular weight excluding hydrogens is 292 g/mol. The van der Waals surface area contributed by atoms with Gasteiger partial charge in [0.1, 0.15) is 6.07 Å². The van der Waals surface area contributed by atoms with Crippen LogP contribution in [0.1, 0.15) is 23.2 Å². The largest absolute Gasteiger partial charge is 0.450 e. The number of rotatable bonds is 3. The summed E-state index contributed by atoms with van der Waals surface area (Å²) >= 11 is 5.80. The molecule has 1 aliphatic rings. The van der Waals surface area contributed by atoms with E-state index in [4.69, 9.17) is 21.6 Å². The van der Waals surface area contributed by atoms with Gasteiger partial charge in [-0.3, -0.25) is 9.59 Å². The van der Waals surface area contributed by atoms with Crippen LogP contribution in [0.15, 0.2) is 24.3 Å². The third-order valence-electron chi connectivity index (χ3n) is 3.49. The van der Waals surface area contributed by atoms with Crippen molar-refractivity contribution in [1.29, 1.82) is 5.26 Å². The van der Waals surface area contributed by atoms with Crippen LogP contribution >= 0.6 is 11.6 Å². The summed E-state index contributed by atoms with van der Waals surface area (Å²) in [6.45, 7) is 0.796. The van der Waals surface area contributed by atoms with Crippen LogP contribution in [0, 0.1) is 17.2 Å². The van der Waals surface area contributed by atoms with Crippen molar-refractivity contribution in [3.8, 4) is 6.07 Å². The van der Waals surface area contributed by atoms with Gasteiger partial charge in [0.2, 0.25) is 0 Å². The summed E-state index contributed by atoms with van der Waals surface area (Å²) in [6.07, 6.45) is 1.12. The van der Waals surface area contributed by atoms with Gasteiger partial charge in [-0.25, -0.2) is 0 Å². The van der Waals surface area contributed by atoms with E-state index in [2.05, 4.69) is 0 Å². The smallest absolute Gasteiger partial charge is 0.310 e. The first-order valence-corrected chi connectivity index (χ1v) is 7.08. The van der Waals surface area contributed by atoms with Crippen molar-refractivity contribution in [3.05, 3.63) is 34.9 Å². The summed E-state index contributed by atoms with van der Waals surface area (Å²) < 4.78 is 4.81. The number of piperidine rings is 1. The average molecular weight is 307 g/mol. The summed E-state index contributed by atoms with van der Waals surface area (Å²) in [5.41, 5.74) is 0.588. The zero-order chi connectivity index (χ0) is 15.2. The molecule has 0 radical (unpaired) electrons. The maximum atomic E-state index is 12.3. The Morgan fingerprint density at radius 1 is 1.29 bits per heavy atom. The molecule has 0 spiro atoms. The molecule has 0 saturated carbocycles. The van der Waals surface area contributed by atoms with E-state index in [9.17, 15) is 9.59 Å². The number of esters is 1. The van der Waals surface area contributed by atoms with Gasteiger partial charge in [-0.15, -0.1) is 0 Å². The zero-order valence-corrected chi connectivity index (χ0v) is 12.2. The van der Waals surface area contributed by atoms with Crippen LogP contribution in [0.5, 0.6) is 0 Å². The van der Waals surface area contributed by atoms with Crippen molar-refractivity contribution in [2.75, 3.05) is 19.7 Å². The van der Waals surface area contributed by atoms with Gasteiger partial charge in [0.05, 0.1) is 5.92 Å². The Morgan fingerprint density at radius 3 is 2.48 bits per heavy atom. The lowest BCUT2D eigenvalue weighted by Crippen LogP contribution is -2.40. The normalized spacial score (nSPS) is 15.3. The van der Waals surface area contributed by atoms with Gasteiger partial charge in [-0.1, -0.05) is 11.6 Å². The van der Waals surface area contributed by atoms with Crippen LogP contribution in [-0.2, 0) is 9.53 Å². The minimum absolute atomic E-state index is 0.0597. The summed E-state index contributed by atoms with van der Waals surface area (Å²) in [4.78, 5) is 25.7. The minimum Gasteiger partial charge on any atom is -0.450 e. The number of hydrogen-bond donors (Lipinski definition) is 0. The molecule has 110 valence electrons. The van der Waals surface area contributed by atoms with Crippen LogP contribution in [0.25, 0.3) is 0 Å². The maximum absolute atomic E-state index is 12.3. The second-order valence-electron chi connectivity index (χ2n) is 4.84. The number of likely N-dealkylation sites (tertiary alicyclic amines) is 1. The highest BCUT2D eigenvalue weighted by molar-refractivity contribution is 6.30. The number of benzene rings is 1. The zero-order valence-electron chi connectivity index (χ0n) is 11.4. The number of carbonyl (C=O) groups excluding carboxylic acids is 2. The fraction of sp³-hybridized carbons (Fsp3) is 0.400. The van der Waals surface area contributed by atoms with Crippen molar-refractivity contribution < 1.29 is 14.3 Å². The molecule has 5 nitrogen and oxygen atoms in total. The van der Waals surface area contributed by atoms with Gasteiger partial charge in [0.15, 0.2) is 6.61 Å². The first-order chi connectivity index (χ1) is 10.1. The fourth-order valence-corrected chi connectivity index (χ4v) is 2.44. The highest BCUT2D eigenvalue weighted by Crippen LogP contribution is 2.21. The Bertz CT molecular complexity index is 557. The molecule has 6 heteroatoms. The predicted octanol–water partition coefficient (Wildman–Crippen LogP) is 2.26. The van der Waals surface area contributed by atoms with E-state index in [-0.39, 0.29) is 24.4 Å². The van der Waals surface area contributed by atoms with Crippen molar-refractivity contribution in [1.82, 2.24) is 4.90 Å². The van der Waals surface area contributed by atoms with Gasteiger partial charge >= 0.3 is 5.97 Å². The van der Waals surface area contributed by atoms with E-state index < -0.39 is 0 Å². The summed E-state index contributed by atoms with van der Waals surface area (Å²) in [7, 11) is 0. The molecule has 2 rings (SSSR count). The third kappa shape index (κ3) is 3.96. The van der Waals surface area contributed by atoms with E-state index in [1.165, 1.54) is 0 Å². The molecule has 0 unspecified atom stereocenters.